The maximum absolute atomic E-state index is 12.4. The van der Waals surface area contributed by atoms with Crippen LogP contribution in [0.15, 0.2) is 54.6 Å². The van der Waals surface area contributed by atoms with Gasteiger partial charge in [0.2, 0.25) is 15.9 Å². The highest BCUT2D eigenvalue weighted by atomic mass is 35.5. The summed E-state index contributed by atoms with van der Waals surface area (Å²) in [5, 5.41) is 0.636. The molecule has 0 aliphatic rings. The number of benzene rings is 2. The maximum Gasteiger partial charge on any atom is 0.246 e. The summed E-state index contributed by atoms with van der Waals surface area (Å²) in [7, 11) is -3.30. The van der Waals surface area contributed by atoms with Crippen molar-refractivity contribution in [2.75, 3.05) is 17.5 Å². The smallest absolute Gasteiger partial charge is 0.246 e. The summed E-state index contributed by atoms with van der Waals surface area (Å²) in [4.78, 5) is 14.1. The topological polar surface area (TPSA) is 66.5 Å². The number of anilines is 1. The van der Waals surface area contributed by atoms with E-state index in [0.29, 0.717) is 23.8 Å². The average molecular weight is 393 g/mol. The molecule has 0 aliphatic heterocycles. The number of hydrogen-bond donors (Lipinski definition) is 1. The van der Waals surface area contributed by atoms with Crippen LogP contribution in [0, 0.1) is 0 Å². The fourth-order valence-electron chi connectivity index (χ4n) is 2.33. The van der Waals surface area contributed by atoms with Crippen LogP contribution in [0.25, 0.3) is 6.08 Å². The van der Waals surface area contributed by atoms with Crippen molar-refractivity contribution >= 4 is 39.3 Å². The van der Waals surface area contributed by atoms with Crippen molar-refractivity contribution in [1.29, 1.82) is 0 Å². The van der Waals surface area contributed by atoms with Crippen LogP contribution in [-0.2, 0) is 21.4 Å². The summed E-state index contributed by atoms with van der Waals surface area (Å²) < 4.78 is 24.8. The molecule has 138 valence electrons. The van der Waals surface area contributed by atoms with Crippen LogP contribution in [0.3, 0.4) is 0 Å². The molecule has 0 fully saturated rings. The summed E-state index contributed by atoms with van der Waals surface area (Å²) in [5.41, 5.74) is 2.17. The Morgan fingerprint density at radius 2 is 1.81 bits per heavy atom. The molecular formula is C19H21ClN2O3S. The van der Waals surface area contributed by atoms with E-state index in [4.69, 9.17) is 11.6 Å². The first-order valence-electron chi connectivity index (χ1n) is 8.06. The van der Waals surface area contributed by atoms with Gasteiger partial charge in [-0.3, -0.25) is 9.52 Å². The van der Waals surface area contributed by atoms with E-state index in [1.54, 1.807) is 41.3 Å². The minimum atomic E-state index is -3.30. The van der Waals surface area contributed by atoms with Crippen molar-refractivity contribution in [2.45, 2.75) is 13.5 Å². The summed E-state index contributed by atoms with van der Waals surface area (Å²) in [5.74, 6) is -0.120. The molecule has 0 aromatic heterocycles. The van der Waals surface area contributed by atoms with Crippen LogP contribution in [0.1, 0.15) is 18.1 Å². The highest BCUT2D eigenvalue weighted by Crippen LogP contribution is 2.17. The average Bonchev–Trinajstić information content (AvgIpc) is 2.59. The largest absolute Gasteiger partial charge is 0.335 e. The Bertz CT molecular complexity index is 893. The predicted molar refractivity (Wildman–Crippen MR) is 106 cm³/mol. The van der Waals surface area contributed by atoms with Gasteiger partial charge in [0.15, 0.2) is 0 Å². The standard InChI is InChI=1S/C19H21ClN2O3S/c1-3-22(14-16-6-4-5-7-18(16)20)19(23)13-10-15-8-11-17(12-9-15)21-26(2,24)25/h4-13,21H,3,14H2,1-2H3/b13-10+. The fraction of sp³-hybridized carbons (Fsp3) is 0.211. The molecule has 0 bridgehead atoms. The molecule has 1 amide bonds. The third-order valence-electron chi connectivity index (χ3n) is 3.64. The Labute approximate surface area is 159 Å². The van der Waals surface area contributed by atoms with Crippen molar-refractivity contribution in [2.24, 2.45) is 0 Å². The van der Waals surface area contributed by atoms with E-state index in [1.807, 2.05) is 25.1 Å². The fourth-order valence-corrected chi connectivity index (χ4v) is 3.09. The summed E-state index contributed by atoms with van der Waals surface area (Å²) >= 11 is 6.16. The van der Waals surface area contributed by atoms with Crippen molar-refractivity contribution < 1.29 is 13.2 Å². The minimum Gasteiger partial charge on any atom is -0.335 e. The highest BCUT2D eigenvalue weighted by molar-refractivity contribution is 7.92. The van der Waals surface area contributed by atoms with Crippen molar-refractivity contribution in [3.05, 3.63) is 70.8 Å². The molecule has 1 N–H and O–H groups in total. The van der Waals surface area contributed by atoms with E-state index >= 15 is 0 Å². The Morgan fingerprint density at radius 1 is 1.15 bits per heavy atom. The third-order valence-corrected chi connectivity index (χ3v) is 4.62. The zero-order chi connectivity index (χ0) is 19.2. The number of amides is 1. The number of likely N-dealkylation sites (N-methyl/N-ethyl adjacent to an activating group) is 1. The van der Waals surface area contributed by atoms with Crippen LogP contribution < -0.4 is 4.72 Å². The molecule has 0 atom stereocenters. The number of carbonyl (C=O) groups excluding carboxylic acids is 1. The number of halogens is 1. The van der Waals surface area contributed by atoms with Gasteiger partial charge in [0.05, 0.1) is 6.26 Å². The van der Waals surface area contributed by atoms with E-state index in [2.05, 4.69) is 4.72 Å². The molecule has 26 heavy (non-hydrogen) atoms. The number of nitrogens with one attached hydrogen (secondary N) is 1. The molecule has 0 heterocycles. The number of hydrogen-bond acceptors (Lipinski definition) is 3. The van der Waals surface area contributed by atoms with Crippen molar-refractivity contribution in [1.82, 2.24) is 4.90 Å². The summed E-state index contributed by atoms with van der Waals surface area (Å²) in [6, 6.07) is 14.2. The molecule has 0 aliphatic carbocycles. The Kier molecular flexibility index (Phi) is 6.83. The molecule has 0 saturated heterocycles. The number of sulfonamides is 1. The molecule has 7 heteroatoms. The van der Waals surface area contributed by atoms with E-state index in [-0.39, 0.29) is 5.91 Å². The Balaban J connectivity index is 2.03. The van der Waals surface area contributed by atoms with E-state index in [0.717, 1.165) is 17.4 Å². The zero-order valence-corrected chi connectivity index (χ0v) is 16.2. The first-order chi connectivity index (χ1) is 12.3. The number of nitrogens with zero attached hydrogens (tertiary/aromatic N) is 1. The first kappa shape index (κ1) is 20.0. The SMILES string of the molecule is CCN(Cc1ccccc1Cl)C(=O)/C=C/c1ccc(NS(C)(=O)=O)cc1. The van der Waals surface area contributed by atoms with Gasteiger partial charge < -0.3 is 4.90 Å². The zero-order valence-electron chi connectivity index (χ0n) is 14.6. The van der Waals surface area contributed by atoms with Crippen LogP contribution in [0.5, 0.6) is 0 Å². The molecule has 0 saturated carbocycles. The van der Waals surface area contributed by atoms with Crippen LogP contribution in [-0.4, -0.2) is 32.0 Å². The van der Waals surface area contributed by atoms with Crippen molar-refractivity contribution in [3.63, 3.8) is 0 Å². The summed E-state index contributed by atoms with van der Waals surface area (Å²) in [6.45, 7) is 2.91. The Hall–Kier alpha value is -2.31. The van der Waals surface area contributed by atoms with E-state index in [1.165, 1.54) is 6.08 Å². The van der Waals surface area contributed by atoms with E-state index < -0.39 is 10.0 Å². The second-order valence-electron chi connectivity index (χ2n) is 5.77. The molecular weight excluding hydrogens is 372 g/mol. The van der Waals surface area contributed by atoms with Crippen LogP contribution in [0.2, 0.25) is 5.02 Å². The van der Waals surface area contributed by atoms with Crippen molar-refractivity contribution in [3.8, 4) is 0 Å². The molecule has 0 spiro atoms. The number of carbonyl (C=O) groups is 1. The van der Waals surface area contributed by atoms with Gasteiger partial charge in [-0.05, 0) is 42.3 Å². The van der Waals surface area contributed by atoms with Gasteiger partial charge in [0, 0.05) is 29.9 Å². The lowest BCUT2D eigenvalue weighted by molar-refractivity contribution is -0.126. The van der Waals surface area contributed by atoms with Gasteiger partial charge in [-0.1, -0.05) is 41.9 Å². The second kappa shape index (κ2) is 8.87. The van der Waals surface area contributed by atoms with Crippen LogP contribution in [0.4, 0.5) is 5.69 Å². The Morgan fingerprint density at radius 3 is 2.38 bits per heavy atom. The predicted octanol–water partition coefficient (Wildman–Crippen LogP) is 3.77. The molecule has 2 aromatic rings. The lowest BCUT2D eigenvalue weighted by Gasteiger charge is -2.19. The van der Waals surface area contributed by atoms with Gasteiger partial charge in [0.1, 0.15) is 0 Å². The van der Waals surface area contributed by atoms with Gasteiger partial charge >= 0.3 is 0 Å². The lowest BCUT2D eigenvalue weighted by Crippen LogP contribution is -2.28. The summed E-state index contributed by atoms with van der Waals surface area (Å²) in [6.07, 6.45) is 4.29. The van der Waals surface area contributed by atoms with Crippen LogP contribution >= 0.6 is 11.6 Å². The quantitative estimate of drug-likeness (QED) is 0.729. The molecule has 0 unspecified atom stereocenters. The molecule has 0 radical (unpaired) electrons. The first-order valence-corrected chi connectivity index (χ1v) is 10.3. The maximum atomic E-state index is 12.4. The number of rotatable bonds is 7. The molecule has 5 nitrogen and oxygen atoms in total. The highest BCUT2D eigenvalue weighted by Gasteiger charge is 2.11. The normalized spacial score (nSPS) is 11.5. The monoisotopic (exact) mass is 392 g/mol. The lowest BCUT2D eigenvalue weighted by atomic mass is 10.2. The third kappa shape index (κ3) is 6.20. The molecule has 2 aromatic carbocycles. The second-order valence-corrected chi connectivity index (χ2v) is 7.93. The van der Waals surface area contributed by atoms with Gasteiger partial charge in [-0.25, -0.2) is 8.42 Å². The van der Waals surface area contributed by atoms with Gasteiger partial charge in [-0.15, -0.1) is 0 Å². The van der Waals surface area contributed by atoms with Gasteiger partial charge in [-0.2, -0.15) is 0 Å². The minimum absolute atomic E-state index is 0.120. The van der Waals surface area contributed by atoms with Gasteiger partial charge in [0.25, 0.3) is 0 Å². The molecule has 2 rings (SSSR count). The van der Waals surface area contributed by atoms with E-state index in [9.17, 15) is 13.2 Å².